The molecule has 0 saturated carbocycles. The minimum Gasteiger partial charge on any atom is -0.481 e. The molecule has 0 aromatic carbocycles. The maximum Gasteiger partial charge on any atom is 0.511 e. The highest BCUT2D eigenvalue weighted by atomic mass is 16.8. The number of carboxylic acids is 1. The van der Waals surface area contributed by atoms with E-state index in [9.17, 15) is 19.2 Å². The lowest BCUT2D eigenvalue weighted by atomic mass is 10.0. The third-order valence-electron chi connectivity index (χ3n) is 3.33. The van der Waals surface area contributed by atoms with E-state index in [1.54, 1.807) is 13.8 Å². The number of hydrogen-bond acceptors (Lipinski definition) is 9. The van der Waals surface area contributed by atoms with Crippen LogP contribution in [0.25, 0.3) is 0 Å². The van der Waals surface area contributed by atoms with Crippen molar-refractivity contribution in [1.29, 1.82) is 0 Å². The summed E-state index contributed by atoms with van der Waals surface area (Å²) < 4.78 is 23.4. The predicted octanol–water partition coefficient (Wildman–Crippen LogP) is 2.87. The zero-order chi connectivity index (χ0) is 20.5. The van der Waals surface area contributed by atoms with E-state index in [4.69, 9.17) is 14.6 Å². The van der Waals surface area contributed by atoms with Gasteiger partial charge in [-0.15, -0.1) is 0 Å². The molecule has 0 rings (SSSR count). The quantitative estimate of drug-likeness (QED) is 0.203. The van der Waals surface area contributed by atoms with Crippen molar-refractivity contribution < 1.29 is 48.0 Å². The highest BCUT2D eigenvalue weighted by Crippen LogP contribution is 2.15. The average Bonchev–Trinajstić information content (AvgIpc) is 2.60. The Hall–Kier alpha value is -2.52. The molecule has 0 aromatic rings. The Bertz CT molecular complexity index is 463. The van der Waals surface area contributed by atoms with Crippen LogP contribution >= 0.6 is 0 Å². The van der Waals surface area contributed by atoms with Gasteiger partial charge in [0.25, 0.3) is 0 Å². The minimum atomic E-state index is -0.956. The zero-order valence-electron chi connectivity index (χ0n) is 15.8. The van der Waals surface area contributed by atoms with Gasteiger partial charge in [-0.3, -0.25) is 9.59 Å². The number of unbranched alkanes of at least 4 members (excludes halogenated alkanes) is 3. The van der Waals surface area contributed by atoms with Crippen molar-refractivity contribution in [3.05, 3.63) is 0 Å². The lowest BCUT2D eigenvalue weighted by Gasteiger charge is -2.16. The third-order valence-corrected chi connectivity index (χ3v) is 3.33. The number of aliphatic carboxylic acids is 1. The standard InChI is InChI=1S/C17H28O10/c1-3-23-16(21)25-11-13(9-7-5-6-8-10-14(18)19)15(20)26-12-27-17(22)24-4-2/h13H,3-12H2,1-2H3,(H,18,19). The summed E-state index contributed by atoms with van der Waals surface area (Å²) in [5, 5.41) is 8.59. The van der Waals surface area contributed by atoms with Crippen molar-refractivity contribution in [3.8, 4) is 0 Å². The molecule has 0 amide bonds. The molecule has 0 aliphatic carbocycles. The molecular formula is C17H28O10. The first-order chi connectivity index (χ1) is 12.9. The topological polar surface area (TPSA) is 135 Å². The second kappa shape index (κ2) is 15.7. The molecule has 1 N–H and O–H groups in total. The largest absolute Gasteiger partial charge is 0.511 e. The molecule has 0 saturated heterocycles. The molecule has 0 aliphatic rings. The molecule has 0 heterocycles. The Labute approximate surface area is 158 Å². The van der Waals surface area contributed by atoms with E-state index in [1.807, 2.05) is 0 Å². The monoisotopic (exact) mass is 392 g/mol. The van der Waals surface area contributed by atoms with E-state index in [0.29, 0.717) is 25.7 Å². The number of carbonyl (C=O) groups is 4. The Kier molecular flexibility index (Phi) is 14.2. The summed E-state index contributed by atoms with van der Waals surface area (Å²) in [5.41, 5.74) is 0. The van der Waals surface area contributed by atoms with Gasteiger partial charge in [-0.25, -0.2) is 9.59 Å². The van der Waals surface area contributed by atoms with Crippen LogP contribution in [0, 0.1) is 5.92 Å². The molecule has 0 spiro atoms. The average molecular weight is 392 g/mol. The number of esters is 1. The van der Waals surface area contributed by atoms with Crippen LogP contribution in [0.1, 0.15) is 52.4 Å². The summed E-state index contributed by atoms with van der Waals surface area (Å²) in [6.07, 6.45) is 1.21. The fourth-order valence-corrected chi connectivity index (χ4v) is 2.03. The summed E-state index contributed by atoms with van der Waals surface area (Å²) >= 11 is 0. The van der Waals surface area contributed by atoms with Gasteiger partial charge < -0.3 is 28.8 Å². The molecule has 156 valence electrons. The molecule has 27 heavy (non-hydrogen) atoms. The van der Waals surface area contributed by atoms with E-state index >= 15 is 0 Å². The molecule has 0 aliphatic heterocycles. The van der Waals surface area contributed by atoms with Crippen molar-refractivity contribution in [3.63, 3.8) is 0 Å². The second-order valence-electron chi connectivity index (χ2n) is 5.45. The first-order valence-electron chi connectivity index (χ1n) is 8.88. The summed E-state index contributed by atoms with van der Waals surface area (Å²) in [7, 11) is 0. The Morgan fingerprint density at radius 2 is 1.37 bits per heavy atom. The van der Waals surface area contributed by atoms with Crippen molar-refractivity contribution >= 4 is 24.2 Å². The van der Waals surface area contributed by atoms with Crippen LogP contribution in [0.2, 0.25) is 0 Å². The van der Waals surface area contributed by atoms with E-state index in [1.165, 1.54) is 0 Å². The molecule has 0 aromatic heterocycles. The maximum atomic E-state index is 12.1. The van der Waals surface area contributed by atoms with Crippen molar-refractivity contribution in [1.82, 2.24) is 0 Å². The van der Waals surface area contributed by atoms with E-state index in [-0.39, 0.29) is 26.2 Å². The van der Waals surface area contributed by atoms with Crippen LogP contribution in [-0.4, -0.2) is 56.0 Å². The van der Waals surface area contributed by atoms with Gasteiger partial charge in [0.1, 0.15) is 6.61 Å². The molecule has 0 radical (unpaired) electrons. The smallest absolute Gasteiger partial charge is 0.481 e. The normalized spacial score (nSPS) is 11.2. The van der Waals surface area contributed by atoms with Gasteiger partial charge in [-0.05, 0) is 26.7 Å². The molecule has 10 nitrogen and oxygen atoms in total. The number of carboxylic acid groups (broad SMARTS) is 1. The molecule has 0 fully saturated rings. The number of rotatable bonds is 14. The van der Waals surface area contributed by atoms with Gasteiger partial charge >= 0.3 is 24.2 Å². The van der Waals surface area contributed by atoms with E-state index in [0.717, 1.165) is 6.42 Å². The van der Waals surface area contributed by atoms with Crippen LogP contribution in [0.5, 0.6) is 0 Å². The number of ether oxygens (including phenoxy) is 5. The molecule has 1 unspecified atom stereocenters. The van der Waals surface area contributed by atoms with Gasteiger partial charge in [0.05, 0.1) is 19.1 Å². The van der Waals surface area contributed by atoms with Crippen molar-refractivity contribution in [2.24, 2.45) is 5.92 Å². The minimum absolute atomic E-state index is 0.0998. The van der Waals surface area contributed by atoms with Crippen LogP contribution in [0.4, 0.5) is 9.59 Å². The first-order valence-corrected chi connectivity index (χ1v) is 8.88. The summed E-state index contributed by atoms with van der Waals surface area (Å²) in [5.74, 6) is -2.28. The molecular weight excluding hydrogens is 364 g/mol. The highest BCUT2D eigenvalue weighted by Gasteiger charge is 2.23. The van der Waals surface area contributed by atoms with Gasteiger partial charge in [-0.1, -0.05) is 19.3 Å². The second-order valence-corrected chi connectivity index (χ2v) is 5.45. The van der Waals surface area contributed by atoms with Crippen molar-refractivity contribution in [2.45, 2.75) is 52.4 Å². The number of carbonyl (C=O) groups excluding carboxylic acids is 3. The molecule has 10 heteroatoms. The van der Waals surface area contributed by atoms with E-state index in [2.05, 4.69) is 14.2 Å². The summed E-state index contributed by atoms with van der Waals surface area (Å²) in [4.78, 5) is 44.9. The van der Waals surface area contributed by atoms with Gasteiger partial charge in [0.2, 0.25) is 6.79 Å². The van der Waals surface area contributed by atoms with Gasteiger partial charge in [0.15, 0.2) is 0 Å². The number of hydrogen-bond donors (Lipinski definition) is 1. The van der Waals surface area contributed by atoms with E-state index < -0.39 is 37.0 Å². The summed E-state index contributed by atoms with van der Waals surface area (Å²) in [6.45, 7) is 2.66. The Morgan fingerprint density at radius 1 is 0.778 bits per heavy atom. The van der Waals surface area contributed by atoms with Crippen LogP contribution in [0.15, 0.2) is 0 Å². The predicted molar refractivity (Wildman–Crippen MR) is 90.9 cm³/mol. The van der Waals surface area contributed by atoms with Crippen molar-refractivity contribution in [2.75, 3.05) is 26.6 Å². The highest BCUT2D eigenvalue weighted by molar-refractivity contribution is 5.73. The fraction of sp³-hybridized carbons (Fsp3) is 0.765. The molecule has 0 bridgehead atoms. The maximum absolute atomic E-state index is 12.1. The summed E-state index contributed by atoms with van der Waals surface area (Å²) in [6, 6.07) is 0. The van der Waals surface area contributed by atoms with Crippen LogP contribution in [-0.2, 0) is 33.3 Å². The Balaban J connectivity index is 4.32. The third kappa shape index (κ3) is 14.3. The zero-order valence-corrected chi connectivity index (χ0v) is 15.8. The SMILES string of the molecule is CCOC(=O)OCOC(=O)C(CCCCCCC(=O)O)COC(=O)OCC. The van der Waals surface area contributed by atoms with Gasteiger partial charge in [-0.2, -0.15) is 0 Å². The van der Waals surface area contributed by atoms with Gasteiger partial charge in [0, 0.05) is 6.42 Å². The molecule has 1 atom stereocenters. The lowest BCUT2D eigenvalue weighted by Crippen LogP contribution is -2.26. The lowest BCUT2D eigenvalue weighted by molar-refractivity contribution is -0.160. The first kappa shape index (κ1) is 24.5. The fourth-order valence-electron chi connectivity index (χ4n) is 2.03. The van der Waals surface area contributed by atoms with Crippen LogP contribution in [0.3, 0.4) is 0 Å². The Morgan fingerprint density at radius 3 is 1.96 bits per heavy atom. The van der Waals surface area contributed by atoms with Crippen LogP contribution < -0.4 is 0 Å².